The molecule has 0 aliphatic heterocycles. The van der Waals surface area contributed by atoms with Gasteiger partial charge in [0.2, 0.25) is 0 Å². The molecule has 1 atom stereocenters. The van der Waals surface area contributed by atoms with Crippen LogP contribution < -0.4 is 10.6 Å². The van der Waals surface area contributed by atoms with Crippen molar-refractivity contribution in [3.63, 3.8) is 0 Å². The summed E-state index contributed by atoms with van der Waals surface area (Å²) in [6, 6.07) is 4.48. The van der Waals surface area contributed by atoms with Crippen LogP contribution in [0.25, 0.3) is 11.1 Å². The first kappa shape index (κ1) is 34.1. The monoisotopic (exact) mass is 656 g/mol. The first-order chi connectivity index (χ1) is 19.4. The minimum atomic E-state index is -1.52. The van der Waals surface area contributed by atoms with E-state index in [4.69, 9.17) is 44.1 Å². The van der Waals surface area contributed by atoms with Gasteiger partial charge in [-0.05, 0) is 52.3 Å². The van der Waals surface area contributed by atoms with E-state index in [0.29, 0.717) is 31.0 Å². The second-order valence-corrected chi connectivity index (χ2v) is 19.8. The van der Waals surface area contributed by atoms with Crippen molar-refractivity contribution < 1.29 is 18.8 Å². The fraction of sp³-hybridized carbons (Fsp3) is 0.536. The standard InChI is InChI=1S/C28H39Cl3N6O4Si/c1-9-21-20(14-41-36-21)25(38)34-27(4,15-28(5,30)31)26(39)33-22-11-10-19(24(29)32-22)23-17(2)35-37(18(23)3)16-40-12-13-42(6,7)8/h10-11,14H,9,12-13,15-16H2,1-8H3,(H,34,38)(H,32,33,39)/t27-/m0/s1. The molecule has 14 heteroatoms. The van der Waals surface area contributed by atoms with Crippen LogP contribution in [-0.2, 0) is 22.7 Å². The summed E-state index contributed by atoms with van der Waals surface area (Å²) in [6.45, 7) is 16.7. The molecule has 3 rings (SSSR count). The van der Waals surface area contributed by atoms with Crippen LogP contribution in [-0.4, -0.2) is 56.3 Å². The average molecular weight is 658 g/mol. The van der Waals surface area contributed by atoms with Crippen LogP contribution in [0.5, 0.6) is 0 Å². The van der Waals surface area contributed by atoms with Gasteiger partial charge in [-0.2, -0.15) is 5.10 Å². The van der Waals surface area contributed by atoms with E-state index in [-0.39, 0.29) is 23.0 Å². The summed E-state index contributed by atoms with van der Waals surface area (Å²) in [7, 11) is -1.19. The predicted octanol–water partition coefficient (Wildman–Crippen LogP) is 6.79. The zero-order valence-corrected chi connectivity index (χ0v) is 28.6. The van der Waals surface area contributed by atoms with Crippen LogP contribution >= 0.6 is 34.8 Å². The summed E-state index contributed by atoms with van der Waals surface area (Å²) in [5, 5.41) is 14.1. The Morgan fingerprint density at radius 2 is 1.86 bits per heavy atom. The fourth-order valence-corrected chi connectivity index (χ4v) is 6.05. The van der Waals surface area contributed by atoms with Crippen molar-refractivity contribution in [2.45, 2.75) is 89.7 Å². The number of amides is 2. The van der Waals surface area contributed by atoms with Crippen LogP contribution in [0.4, 0.5) is 5.82 Å². The Morgan fingerprint density at radius 1 is 1.17 bits per heavy atom. The van der Waals surface area contributed by atoms with Crippen LogP contribution in [0.15, 0.2) is 22.9 Å². The maximum atomic E-state index is 13.5. The van der Waals surface area contributed by atoms with Gasteiger partial charge >= 0.3 is 0 Å². The highest BCUT2D eigenvalue weighted by Crippen LogP contribution is 2.34. The van der Waals surface area contributed by atoms with Gasteiger partial charge in [0.25, 0.3) is 11.8 Å². The number of alkyl halides is 2. The Labute approximate surface area is 262 Å². The largest absolute Gasteiger partial charge is 0.364 e. The van der Waals surface area contributed by atoms with Gasteiger partial charge in [0.05, 0.1) is 11.4 Å². The number of nitrogens with one attached hydrogen (secondary N) is 2. The molecule has 0 fully saturated rings. The number of carbonyl (C=O) groups excluding carboxylic acids is 2. The number of anilines is 1. The smallest absolute Gasteiger partial charge is 0.257 e. The summed E-state index contributed by atoms with van der Waals surface area (Å²) in [6.07, 6.45) is 1.61. The maximum absolute atomic E-state index is 13.5. The lowest BCUT2D eigenvalue weighted by Crippen LogP contribution is -2.56. The Bertz CT molecular complexity index is 1430. The number of rotatable bonds is 13. The van der Waals surface area contributed by atoms with E-state index in [1.54, 1.807) is 12.1 Å². The zero-order valence-electron chi connectivity index (χ0n) is 25.3. The van der Waals surface area contributed by atoms with Crippen molar-refractivity contribution in [2.24, 2.45) is 0 Å². The van der Waals surface area contributed by atoms with Crippen molar-refractivity contribution >= 4 is 60.5 Å². The van der Waals surface area contributed by atoms with Gasteiger partial charge in [-0.3, -0.25) is 9.59 Å². The Kier molecular flexibility index (Phi) is 10.9. The van der Waals surface area contributed by atoms with Gasteiger partial charge < -0.3 is 19.9 Å². The van der Waals surface area contributed by atoms with Gasteiger partial charge in [-0.25, -0.2) is 9.67 Å². The van der Waals surface area contributed by atoms with Crippen LogP contribution in [0, 0.1) is 13.8 Å². The lowest BCUT2D eigenvalue weighted by atomic mass is 9.93. The molecule has 0 spiro atoms. The van der Waals surface area contributed by atoms with E-state index in [1.165, 1.54) is 20.1 Å². The molecule has 0 bridgehead atoms. The van der Waals surface area contributed by atoms with E-state index in [1.807, 2.05) is 25.5 Å². The van der Waals surface area contributed by atoms with E-state index in [0.717, 1.165) is 23.0 Å². The molecular weight excluding hydrogens is 619 g/mol. The molecule has 0 aromatic carbocycles. The molecule has 2 N–H and O–H groups in total. The first-order valence-corrected chi connectivity index (χ1v) is 18.5. The van der Waals surface area contributed by atoms with Gasteiger partial charge in [0, 0.05) is 37.9 Å². The summed E-state index contributed by atoms with van der Waals surface area (Å²) in [4.78, 5) is 31.0. The second kappa shape index (κ2) is 13.5. The van der Waals surface area contributed by atoms with Crippen molar-refractivity contribution in [3.05, 3.63) is 46.2 Å². The third-order valence-electron chi connectivity index (χ3n) is 6.73. The van der Waals surface area contributed by atoms with Gasteiger partial charge in [0.1, 0.15) is 39.4 Å². The molecule has 0 aliphatic carbocycles. The first-order valence-electron chi connectivity index (χ1n) is 13.7. The third kappa shape index (κ3) is 8.79. The number of aromatic nitrogens is 4. The van der Waals surface area contributed by atoms with E-state index >= 15 is 0 Å². The van der Waals surface area contributed by atoms with Crippen molar-refractivity contribution in [3.8, 4) is 11.1 Å². The van der Waals surface area contributed by atoms with E-state index < -0.39 is 29.8 Å². The van der Waals surface area contributed by atoms with Crippen molar-refractivity contribution in [2.75, 3.05) is 11.9 Å². The highest BCUT2D eigenvalue weighted by Gasteiger charge is 2.41. The van der Waals surface area contributed by atoms with Crippen molar-refractivity contribution in [1.29, 1.82) is 0 Å². The number of halogens is 3. The minimum absolute atomic E-state index is 0.100. The SMILES string of the molecule is CCc1nocc1C(=O)N[C@@](C)(CC(C)(Cl)Cl)C(=O)Nc1ccc(-c2c(C)nn(COCC[Si](C)(C)C)c2C)c(Cl)n1. The highest BCUT2D eigenvalue weighted by molar-refractivity contribution is 6.76. The molecule has 3 aromatic rings. The topological polar surface area (TPSA) is 124 Å². The van der Waals surface area contributed by atoms with Gasteiger partial charge in [-0.15, -0.1) is 23.2 Å². The molecule has 3 aromatic heterocycles. The second-order valence-electron chi connectivity index (χ2n) is 11.9. The highest BCUT2D eigenvalue weighted by atomic mass is 35.5. The van der Waals surface area contributed by atoms with Crippen molar-refractivity contribution in [1.82, 2.24) is 25.2 Å². The molecule has 0 radical (unpaired) electrons. The average Bonchev–Trinajstić information content (AvgIpc) is 3.44. The molecular formula is C28H39Cl3N6O4Si. The molecule has 0 unspecified atom stereocenters. The predicted molar refractivity (Wildman–Crippen MR) is 169 cm³/mol. The molecule has 10 nitrogen and oxygen atoms in total. The number of pyridine rings is 1. The normalized spacial score (nSPS) is 13.6. The van der Waals surface area contributed by atoms with E-state index in [9.17, 15) is 9.59 Å². The number of hydrogen-bond acceptors (Lipinski definition) is 7. The summed E-state index contributed by atoms with van der Waals surface area (Å²) in [5.41, 5.74) is 2.35. The number of hydrogen-bond donors (Lipinski definition) is 2. The summed E-state index contributed by atoms with van der Waals surface area (Å²) in [5.74, 6) is -0.932. The maximum Gasteiger partial charge on any atom is 0.257 e. The number of ether oxygens (including phenoxy) is 1. The molecule has 0 aliphatic rings. The molecule has 0 saturated carbocycles. The van der Waals surface area contributed by atoms with Crippen LogP contribution in [0.3, 0.4) is 0 Å². The number of carbonyl (C=O) groups is 2. The minimum Gasteiger partial charge on any atom is -0.364 e. The fourth-order valence-electron chi connectivity index (χ4n) is 4.51. The Hall–Kier alpha value is -2.44. The molecule has 3 heterocycles. The summed E-state index contributed by atoms with van der Waals surface area (Å²) >= 11 is 19.2. The number of aryl methyl sites for hydroxylation is 2. The lowest BCUT2D eigenvalue weighted by molar-refractivity contribution is -0.121. The third-order valence-corrected chi connectivity index (χ3v) is 8.99. The van der Waals surface area contributed by atoms with Gasteiger partial charge in [0.15, 0.2) is 0 Å². The lowest BCUT2D eigenvalue weighted by Gasteiger charge is -2.33. The molecule has 0 saturated heterocycles. The van der Waals surface area contributed by atoms with E-state index in [2.05, 4.69) is 45.5 Å². The quantitative estimate of drug-likeness (QED) is 0.0898. The molecule has 2 amide bonds. The number of nitrogens with zero attached hydrogens (tertiary/aromatic N) is 4. The van der Waals surface area contributed by atoms with Gasteiger partial charge in [-0.1, -0.05) is 43.3 Å². The molecule has 42 heavy (non-hydrogen) atoms. The van der Waals surface area contributed by atoms with Crippen LogP contribution in [0.2, 0.25) is 30.8 Å². The summed E-state index contributed by atoms with van der Waals surface area (Å²) < 4.78 is 11.3. The molecule has 230 valence electrons. The van der Waals surface area contributed by atoms with Crippen LogP contribution in [0.1, 0.15) is 54.6 Å². The Morgan fingerprint density at radius 3 is 2.45 bits per heavy atom. The Balaban J connectivity index is 1.80. The zero-order chi connectivity index (χ0) is 31.5.